The molecule has 0 saturated heterocycles. The SMILES string of the molecule is COCCOc1cc(C2NC(C)=NC3=C2Cc2cc(OC)c(-c4c(C)noc4C)cc2N3)ccc1C(=O)NC1CCC(O)CC1. The highest BCUT2D eigenvalue weighted by Gasteiger charge is 2.32. The van der Waals surface area contributed by atoms with Crippen LogP contribution in [-0.4, -0.2) is 61.6 Å². The third-order valence-corrected chi connectivity index (χ3v) is 8.81. The summed E-state index contributed by atoms with van der Waals surface area (Å²) in [6, 6.07) is 9.71. The van der Waals surface area contributed by atoms with Gasteiger partial charge in [-0.15, -0.1) is 0 Å². The number of aliphatic hydroxyl groups is 1. The van der Waals surface area contributed by atoms with E-state index >= 15 is 0 Å². The third kappa shape index (κ3) is 6.27. The average molecular weight is 616 g/mol. The molecule has 2 aliphatic heterocycles. The van der Waals surface area contributed by atoms with Crippen LogP contribution in [0.1, 0.15) is 71.6 Å². The number of ether oxygens (including phenoxy) is 3. The Morgan fingerprint density at radius 3 is 2.58 bits per heavy atom. The van der Waals surface area contributed by atoms with Gasteiger partial charge in [-0.2, -0.15) is 0 Å². The number of nitrogens with zero attached hydrogens (tertiary/aromatic N) is 2. The summed E-state index contributed by atoms with van der Waals surface area (Å²) < 4.78 is 22.6. The molecule has 0 radical (unpaired) electrons. The van der Waals surface area contributed by atoms with Crippen molar-refractivity contribution in [2.24, 2.45) is 4.99 Å². The Morgan fingerprint density at radius 2 is 1.87 bits per heavy atom. The van der Waals surface area contributed by atoms with Crippen molar-refractivity contribution in [3.8, 4) is 22.6 Å². The molecule has 0 bridgehead atoms. The molecule has 1 fully saturated rings. The molecule has 3 heterocycles. The van der Waals surface area contributed by atoms with Gasteiger partial charge in [0.1, 0.15) is 35.5 Å². The Balaban J connectivity index is 1.31. The number of rotatable bonds is 9. The first-order valence-corrected chi connectivity index (χ1v) is 15.5. The van der Waals surface area contributed by atoms with E-state index in [2.05, 4.69) is 33.2 Å². The van der Waals surface area contributed by atoms with Gasteiger partial charge >= 0.3 is 0 Å². The van der Waals surface area contributed by atoms with Gasteiger partial charge in [-0.05, 0) is 81.8 Å². The van der Waals surface area contributed by atoms with Gasteiger partial charge < -0.3 is 39.8 Å². The third-order valence-electron chi connectivity index (χ3n) is 8.81. The minimum absolute atomic E-state index is 0.0301. The molecule has 3 aromatic rings. The summed E-state index contributed by atoms with van der Waals surface area (Å²) in [6.45, 7) is 6.47. The van der Waals surface area contributed by atoms with E-state index < -0.39 is 0 Å². The minimum Gasteiger partial charge on any atom is -0.496 e. The number of carbonyl (C=O) groups is 1. The molecule has 3 aliphatic rings. The lowest BCUT2D eigenvalue weighted by atomic mass is 9.87. The summed E-state index contributed by atoms with van der Waals surface area (Å²) in [5.41, 5.74) is 7.15. The van der Waals surface area contributed by atoms with Crippen molar-refractivity contribution >= 4 is 17.4 Å². The molecule has 1 amide bonds. The molecule has 1 saturated carbocycles. The zero-order chi connectivity index (χ0) is 31.7. The molecule has 11 heteroatoms. The molecular weight excluding hydrogens is 574 g/mol. The lowest BCUT2D eigenvalue weighted by Crippen LogP contribution is -2.39. The van der Waals surface area contributed by atoms with E-state index in [1.54, 1.807) is 14.2 Å². The van der Waals surface area contributed by atoms with Crippen molar-refractivity contribution in [3.63, 3.8) is 0 Å². The number of amides is 1. The minimum atomic E-state index is -0.286. The lowest BCUT2D eigenvalue weighted by Gasteiger charge is -2.33. The molecule has 4 N–H and O–H groups in total. The predicted octanol–water partition coefficient (Wildman–Crippen LogP) is 4.97. The number of aliphatic hydroxyl groups excluding tert-OH is 1. The largest absolute Gasteiger partial charge is 0.496 e. The number of anilines is 1. The monoisotopic (exact) mass is 615 g/mol. The van der Waals surface area contributed by atoms with Gasteiger partial charge in [0.15, 0.2) is 0 Å². The van der Waals surface area contributed by atoms with Crippen LogP contribution in [0.5, 0.6) is 11.5 Å². The van der Waals surface area contributed by atoms with Crippen LogP contribution in [0.4, 0.5) is 5.69 Å². The second kappa shape index (κ2) is 12.9. The van der Waals surface area contributed by atoms with Gasteiger partial charge in [0.05, 0.1) is 42.7 Å². The van der Waals surface area contributed by atoms with Gasteiger partial charge in [-0.1, -0.05) is 11.2 Å². The average Bonchev–Trinajstić information content (AvgIpc) is 3.37. The van der Waals surface area contributed by atoms with Gasteiger partial charge in [-0.25, -0.2) is 4.99 Å². The van der Waals surface area contributed by atoms with Crippen molar-refractivity contribution in [2.45, 2.75) is 71.1 Å². The van der Waals surface area contributed by atoms with Gasteiger partial charge in [0, 0.05) is 36.4 Å². The number of hydrogen-bond acceptors (Lipinski definition) is 10. The number of methoxy groups -OCH3 is 2. The molecule has 1 atom stereocenters. The Labute approximate surface area is 263 Å². The van der Waals surface area contributed by atoms with Crippen molar-refractivity contribution in [3.05, 3.63) is 69.9 Å². The van der Waals surface area contributed by atoms with E-state index in [4.69, 9.17) is 23.7 Å². The second-order valence-corrected chi connectivity index (χ2v) is 11.9. The van der Waals surface area contributed by atoms with Crippen LogP contribution >= 0.6 is 0 Å². The van der Waals surface area contributed by atoms with E-state index in [9.17, 15) is 9.90 Å². The first-order chi connectivity index (χ1) is 21.7. The molecule has 45 heavy (non-hydrogen) atoms. The van der Waals surface area contributed by atoms with E-state index in [0.717, 1.165) is 75.2 Å². The first-order valence-electron chi connectivity index (χ1n) is 15.5. The molecule has 11 nitrogen and oxygen atoms in total. The van der Waals surface area contributed by atoms with Crippen LogP contribution in [0.15, 0.2) is 51.2 Å². The summed E-state index contributed by atoms with van der Waals surface area (Å²) in [5.74, 6) is 3.36. The van der Waals surface area contributed by atoms with Crippen molar-refractivity contribution in [1.82, 2.24) is 15.8 Å². The summed E-state index contributed by atoms with van der Waals surface area (Å²) in [5, 5.41) is 24.3. The topological polar surface area (TPSA) is 139 Å². The fourth-order valence-corrected chi connectivity index (χ4v) is 6.48. The number of hydrogen-bond donors (Lipinski definition) is 4. The molecule has 1 unspecified atom stereocenters. The number of aryl methyl sites for hydroxylation is 2. The van der Waals surface area contributed by atoms with Crippen molar-refractivity contribution in [2.75, 3.05) is 32.8 Å². The number of carbonyl (C=O) groups excluding carboxylic acids is 1. The highest BCUT2D eigenvalue weighted by atomic mass is 16.5. The summed E-state index contributed by atoms with van der Waals surface area (Å²) >= 11 is 0. The number of aromatic nitrogens is 1. The standard InChI is InChI=1S/C34H41N5O6/c1-18-31(19(2)45-39-18)26-17-28-22(16-29(26)43-5)14-27-32(35-20(3)36-33(27)38-28)21-6-11-25(30(15-21)44-13-12-42-4)34(41)37-23-7-9-24(40)10-8-23/h6,11,15-17,23-24,32,38,40H,7-10,12-14H2,1-5H3,(H,35,36)(H,37,41). The van der Waals surface area contributed by atoms with Gasteiger partial charge in [0.25, 0.3) is 5.91 Å². The summed E-state index contributed by atoms with van der Waals surface area (Å²) in [7, 11) is 3.29. The molecule has 6 rings (SSSR count). The number of fused-ring (bicyclic) bond motifs is 1. The highest BCUT2D eigenvalue weighted by Crippen LogP contribution is 2.44. The number of aliphatic imine (C=N–C) groups is 1. The molecular formula is C34H41N5O6. The smallest absolute Gasteiger partial charge is 0.255 e. The van der Waals surface area contributed by atoms with Crippen LogP contribution in [0.3, 0.4) is 0 Å². The fourth-order valence-electron chi connectivity index (χ4n) is 6.48. The maximum Gasteiger partial charge on any atom is 0.255 e. The number of benzene rings is 2. The highest BCUT2D eigenvalue weighted by molar-refractivity contribution is 5.97. The van der Waals surface area contributed by atoms with E-state index in [-0.39, 0.29) is 24.1 Å². The summed E-state index contributed by atoms with van der Waals surface area (Å²) in [6.07, 6.45) is 3.25. The maximum absolute atomic E-state index is 13.4. The van der Waals surface area contributed by atoms with Crippen molar-refractivity contribution < 1.29 is 28.6 Å². The maximum atomic E-state index is 13.4. The fraction of sp³-hybridized carbons (Fsp3) is 0.441. The van der Waals surface area contributed by atoms with E-state index in [0.29, 0.717) is 43.8 Å². The summed E-state index contributed by atoms with van der Waals surface area (Å²) in [4.78, 5) is 18.2. The normalized spacial score (nSPS) is 20.8. The van der Waals surface area contributed by atoms with Crippen LogP contribution in [0.2, 0.25) is 0 Å². The van der Waals surface area contributed by atoms with Crippen molar-refractivity contribution in [1.29, 1.82) is 0 Å². The molecule has 1 aromatic heterocycles. The Kier molecular flexibility index (Phi) is 8.82. The van der Waals surface area contributed by atoms with E-state index in [1.807, 2.05) is 39.0 Å². The predicted molar refractivity (Wildman–Crippen MR) is 171 cm³/mol. The number of amidine groups is 1. The zero-order valence-electron chi connectivity index (χ0n) is 26.5. The van der Waals surface area contributed by atoms with Gasteiger partial charge in [-0.3, -0.25) is 4.79 Å². The molecule has 0 spiro atoms. The quantitative estimate of drug-likeness (QED) is 0.246. The molecule has 238 valence electrons. The van der Waals surface area contributed by atoms with Crippen LogP contribution < -0.4 is 25.4 Å². The number of nitrogens with one attached hydrogen (secondary N) is 3. The Hall–Kier alpha value is -4.35. The van der Waals surface area contributed by atoms with E-state index in [1.165, 1.54) is 0 Å². The zero-order valence-corrected chi connectivity index (χ0v) is 26.5. The van der Waals surface area contributed by atoms with Gasteiger partial charge in [0.2, 0.25) is 0 Å². The van der Waals surface area contributed by atoms with Crippen LogP contribution in [-0.2, 0) is 11.2 Å². The second-order valence-electron chi connectivity index (χ2n) is 11.9. The molecule has 1 aliphatic carbocycles. The Bertz CT molecular complexity index is 1630. The van der Waals surface area contributed by atoms with Crippen LogP contribution in [0.25, 0.3) is 11.1 Å². The molecule has 2 aromatic carbocycles. The Morgan fingerprint density at radius 1 is 1.07 bits per heavy atom. The van der Waals surface area contributed by atoms with Crippen LogP contribution in [0, 0.1) is 13.8 Å². The first kappa shape index (κ1) is 30.7. The lowest BCUT2D eigenvalue weighted by molar-refractivity contribution is 0.0861.